The van der Waals surface area contributed by atoms with Crippen molar-refractivity contribution in [3.8, 4) is 11.3 Å². The average molecular weight is 524 g/mol. The highest BCUT2D eigenvalue weighted by molar-refractivity contribution is 5.94. The second-order valence-corrected chi connectivity index (χ2v) is 11.3. The maximum atomic E-state index is 13.7. The van der Waals surface area contributed by atoms with Crippen LogP contribution in [0.5, 0.6) is 0 Å². The molecule has 4 rings (SSSR count). The van der Waals surface area contributed by atoms with E-state index in [0.29, 0.717) is 31.0 Å². The Morgan fingerprint density at radius 2 is 1.76 bits per heavy atom. The molecule has 0 saturated carbocycles. The zero-order valence-corrected chi connectivity index (χ0v) is 22.7. The molecule has 0 atom stereocenters. The van der Waals surface area contributed by atoms with Gasteiger partial charge in [-0.1, -0.05) is 20.8 Å². The van der Waals surface area contributed by atoms with Crippen molar-refractivity contribution >= 4 is 23.4 Å². The van der Waals surface area contributed by atoms with E-state index < -0.39 is 11.5 Å². The van der Waals surface area contributed by atoms with E-state index >= 15 is 0 Å². The number of imidazole rings is 1. The Bertz CT molecular complexity index is 1370. The third-order valence-electron chi connectivity index (χ3n) is 6.86. The van der Waals surface area contributed by atoms with Crippen LogP contribution in [0.25, 0.3) is 16.9 Å². The van der Waals surface area contributed by atoms with E-state index in [1.807, 2.05) is 19.9 Å². The number of esters is 1. The van der Waals surface area contributed by atoms with Gasteiger partial charge in [-0.25, -0.2) is 13.9 Å². The van der Waals surface area contributed by atoms with Crippen LogP contribution in [0.1, 0.15) is 63.5 Å². The van der Waals surface area contributed by atoms with Gasteiger partial charge in [0.05, 0.1) is 31.0 Å². The van der Waals surface area contributed by atoms with E-state index in [0.717, 1.165) is 11.1 Å². The maximum Gasteiger partial charge on any atom is 0.306 e. The number of rotatable bonds is 5. The van der Waals surface area contributed by atoms with Crippen molar-refractivity contribution in [1.82, 2.24) is 24.4 Å². The average Bonchev–Trinajstić information content (AvgIpc) is 3.29. The number of hydrogen-bond donors (Lipinski definition) is 0. The van der Waals surface area contributed by atoms with Crippen molar-refractivity contribution in [2.45, 2.75) is 58.4 Å². The van der Waals surface area contributed by atoms with Crippen molar-refractivity contribution in [2.24, 2.45) is 0 Å². The quantitative estimate of drug-likeness (QED) is 0.472. The topological polar surface area (TPSA) is 97.1 Å². The molecule has 3 heterocycles. The third-order valence-corrected chi connectivity index (χ3v) is 6.86. The van der Waals surface area contributed by atoms with Crippen molar-refractivity contribution in [2.75, 3.05) is 26.7 Å². The van der Waals surface area contributed by atoms with Gasteiger partial charge >= 0.3 is 5.97 Å². The lowest BCUT2D eigenvalue weighted by Gasteiger charge is -2.46. The summed E-state index contributed by atoms with van der Waals surface area (Å²) in [7, 11) is 1.29. The maximum absolute atomic E-state index is 13.7. The van der Waals surface area contributed by atoms with Crippen LogP contribution < -0.4 is 0 Å². The Morgan fingerprint density at radius 1 is 1.08 bits per heavy atom. The number of hydrogen-bond acceptors (Lipinski definition) is 6. The molecule has 0 radical (unpaired) electrons. The zero-order chi connectivity index (χ0) is 27.8. The molecule has 202 valence electrons. The highest BCUT2D eigenvalue weighted by atomic mass is 19.1. The van der Waals surface area contributed by atoms with Gasteiger partial charge in [-0.05, 0) is 49.6 Å². The van der Waals surface area contributed by atoms with Gasteiger partial charge in [-0.3, -0.25) is 14.4 Å². The number of benzene rings is 1. The summed E-state index contributed by atoms with van der Waals surface area (Å²) in [5.41, 5.74) is 2.23. The summed E-state index contributed by atoms with van der Waals surface area (Å²) in [6, 6.07) is 8.07. The van der Waals surface area contributed by atoms with Crippen LogP contribution in [-0.4, -0.2) is 74.5 Å². The molecule has 1 aliphatic rings. The molecule has 3 aromatic rings. The van der Waals surface area contributed by atoms with Crippen LogP contribution in [0.15, 0.2) is 36.5 Å². The van der Waals surface area contributed by atoms with Gasteiger partial charge < -0.3 is 14.5 Å². The van der Waals surface area contributed by atoms with E-state index in [-0.39, 0.29) is 41.6 Å². The summed E-state index contributed by atoms with van der Waals surface area (Å²) < 4.78 is 19.7. The lowest BCUT2D eigenvalue weighted by Crippen LogP contribution is -2.62. The molecule has 0 bridgehead atoms. The smallest absolute Gasteiger partial charge is 0.306 e. The molecule has 10 heteroatoms. The molecule has 2 amide bonds. The molecule has 1 saturated heterocycles. The van der Waals surface area contributed by atoms with Crippen LogP contribution in [0, 0.1) is 5.82 Å². The molecular weight excluding hydrogens is 489 g/mol. The molecule has 2 aromatic heterocycles. The number of carbonyl (C=O) groups excluding carboxylic acids is 3. The van der Waals surface area contributed by atoms with Crippen LogP contribution in [-0.2, 0) is 19.7 Å². The Balaban J connectivity index is 1.61. The number of amides is 2. The number of carbonyl (C=O) groups is 3. The van der Waals surface area contributed by atoms with Crippen LogP contribution in [0.2, 0.25) is 0 Å². The zero-order valence-electron chi connectivity index (χ0n) is 22.7. The Labute approximate surface area is 221 Å². The summed E-state index contributed by atoms with van der Waals surface area (Å²) in [6.45, 7) is 11.0. The summed E-state index contributed by atoms with van der Waals surface area (Å²) >= 11 is 0. The lowest BCUT2D eigenvalue weighted by molar-refractivity contribution is -0.144. The minimum atomic E-state index is -0.647. The SMILES string of the molecule is COC(=O)CCC(=O)N1CCN(C(=O)c2cn3nc(-c4ccc(F)cc4)cc(C(C)(C)C)c3n2)C(C)(C)C1. The number of aromatic nitrogens is 3. The summed E-state index contributed by atoms with van der Waals surface area (Å²) in [5, 5.41) is 4.68. The Hall–Kier alpha value is -3.82. The molecule has 0 N–H and O–H groups in total. The second-order valence-electron chi connectivity index (χ2n) is 11.3. The fourth-order valence-electron chi connectivity index (χ4n) is 4.75. The van der Waals surface area contributed by atoms with E-state index in [2.05, 4.69) is 30.6 Å². The van der Waals surface area contributed by atoms with Gasteiger partial charge in [-0.15, -0.1) is 0 Å². The standard InChI is InChI=1S/C28H34FN5O4/c1-27(2,3)20-15-21(18-7-9-19(29)10-8-18)31-34-16-22(30-25(20)34)26(37)33-14-13-32(17-28(33,4)5)23(35)11-12-24(36)38-6/h7-10,15-16H,11-14,17H2,1-6H3. The first-order valence-electron chi connectivity index (χ1n) is 12.6. The van der Waals surface area contributed by atoms with E-state index in [9.17, 15) is 18.8 Å². The van der Waals surface area contributed by atoms with Gasteiger partial charge in [0.1, 0.15) is 11.5 Å². The fraction of sp³-hybridized carbons (Fsp3) is 0.464. The van der Waals surface area contributed by atoms with Gasteiger partial charge in [-0.2, -0.15) is 5.10 Å². The summed E-state index contributed by atoms with van der Waals surface area (Å²) in [6.07, 6.45) is 1.73. The highest BCUT2D eigenvalue weighted by Crippen LogP contribution is 2.31. The number of halogens is 1. The van der Waals surface area contributed by atoms with Crippen molar-refractivity contribution in [3.63, 3.8) is 0 Å². The molecule has 9 nitrogen and oxygen atoms in total. The minimum Gasteiger partial charge on any atom is -0.469 e. The molecule has 1 aliphatic heterocycles. The van der Waals surface area contributed by atoms with E-state index in [4.69, 9.17) is 4.98 Å². The lowest BCUT2D eigenvalue weighted by atomic mass is 9.87. The van der Waals surface area contributed by atoms with Gasteiger partial charge in [0.2, 0.25) is 5.91 Å². The van der Waals surface area contributed by atoms with Crippen molar-refractivity contribution in [3.05, 3.63) is 53.6 Å². The number of piperazine rings is 1. The largest absolute Gasteiger partial charge is 0.469 e. The van der Waals surface area contributed by atoms with Crippen LogP contribution in [0.4, 0.5) is 4.39 Å². The van der Waals surface area contributed by atoms with Gasteiger partial charge in [0, 0.05) is 37.2 Å². The monoisotopic (exact) mass is 523 g/mol. The molecule has 0 unspecified atom stereocenters. The fourth-order valence-corrected chi connectivity index (χ4v) is 4.75. The summed E-state index contributed by atoms with van der Waals surface area (Å²) in [4.78, 5) is 45.9. The molecule has 0 aliphatic carbocycles. The minimum absolute atomic E-state index is 0.0270. The summed E-state index contributed by atoms with van der Waals surface area (Å²) in [5.74, 6) is -1.14. The highest BCUT2D eigenvalue weighted by Gasteiger charge is 2.39. The Kier molecular flexibility index (Phi) is 7.27. The third kappa shape index (κ3) is 5.54. The van der Waals surface area contributed by atoms with Crippen molar-refractivity contribution in [1.29, 1.82) is 0 Å². The van der Waals surface area contributed by atoms with Crippen LogP contribution in [0.3, 0.4) is 0 Å². The van der Waals surface area contributed by atoms with E-state index in [1.54, 1.807) is 32.6 Å². The number of methoxy groups -OCH3 is 1. The van der Waals surface area contributed by atoms with Crippen LogP contribution >= 0.6 is 0 Å². The predicted octanol–water partition coefficient (Wildman–Crippen LogP) is 3.85. The second kappa shape index (κ2) is 10.2. The Morgan fingerprint density at radius 3 is 2.37 bits per heavy atom. The van der Waals surface area contributed by atoms with E-state index in [1.165, 1.54) is 19.2 Å². The first kappa shape index (κ1) is 27.2. The van der Waals surface area contributed by atoms with Gasteiger partial charge in [0.15, 0.2) is 5.65 Å². The first-order chi connectivity index (χ1) is 17.8. The van der Waals surface area contributed by atoms with Crippen molar-refractivity contribution < 1.29 is 23.5 Å². The predicted molar refractivity (Wildman–Crippen MR) is 140 cm³/mol. The molecule has 1 fully saturated rings. The first-order valence-corrected chi connectivity index (χ1v) is 12.6. The number of nitrogens with zero attached hydrogens (tertiary/aromatic N) is 5. The molecule has 0 spiro atoms. The van der Waals surface area contributed by atoms with Gasteiger partial charge in [0.25, 0.3) is 5.91 Å². The normalized spacial score (nSPS) is 15.6. The number of fused-ring (bicyclic) bond motifs is 1. The molecule has 1 aromatic carbocycles. The molecule has 38 heavy (non-hydrogen) atoms. The molecular formula is C28H34FN5O4. The number of ether oxygens (including phenoxy) is 1.